The zero-order valence-corrected chi connectivity index (χ0v) is 11.3. The smallest absolute Gasteiger partial charge is 0.140 e. The van der Waals surface area contributed by atoms with Gasteiger partial charge in [-0.05, 0) is 30.5 Å². The molecule has 4 heteroatoms. The summed E-state index contributed by atoms with van der Waals surface area (Å²) in [6.45, 7) is 4.41. The van der Waals surface area contributed by atoms with Crippen LogP contribution in [0.25, 0.3) is 11.0 Å². The van der Waals surface area contributed by atoms with E-state index in [1.165, 1.54) is 10.9 Å². The Kier molecular flexibility index (Phi) is 3.51. The number of rotatable bonds is 4. The highest BCUT2D eigenvalue weighted by Gasteiger charge is 2.25. The monoisotopic (exact) mass is 261 g/mol. The third kappa shape index (κ3) is 2.25. The molecule has 3 heterocycles. The fourth-order valence-corrected chi connectivity index (χ4v) is 3.07. The predicted octanol–water partition coefficient (Wildman–Crippen LogP) is 2.82. The van der Waals surface area contributed by atoms with Crippen molar-refractivity contribution >= 4 is 11.0 Å². The molecule has 1 aliphatic rings. The SMILES string of the molecule is CCc1cn([C@@H]2CCN(CCF)C2)c2ncccc12. The second-order valence-electron chi connectivity index (χ2n) is 5.22. The Bertz CT molecular complexity index is 564. The van der Waals surface area contributed by atoms with Crippen LogP contribution >= 0.6 is 0 Å². The number of aryl methyl sites for hydroxylation is 1. The molecule has 0 aromatic carbocycles. The van der Waals surface area contributed by atoms with E-state index in [1.54, 1.807) is 0 Å². The van der Waals surface area contributed by atoms with Crippen LogP contribution in [0.5, 0.6) is 0 Å². The molecule has 1 atom stereocenters. The van der Waals surface area contributed by atoms with E-state index in [4.69, 9.17) is 0 Å². The van der Waals surface area contributed by atoms with Crippen LogP contribution in [0.1, 0.15) is 24.9 Å². The summed E-state index contributed by atoms with van der Waals surface area (Å²) in [6, 6.07) is 4.58. The molecular weight excluding hydrogens is 241 g/mol. The van der Waals surface area contributed by atoms with Crippen LogP contribution in [0.4, 0.5) is 4.39 Å². The predicted molar refractivity (Wildman–Crippen MR) is 75.2 cm³/mol. The lowest BCUT2D eigenvalue weighted by Crippen LogP contribution is -2.23. The van der Waals surface area contributed by atoms with Gasteiger partial charge >= 0.3 is 0 Å². The largest absolute Gasteiger partial charge is 0.328 e. The molecule has 3 rings (SSSR count). The lowest BCUT2D eigenvalue weighted by Gasteiger charge is -2.15. The number of fused-ring (bicyclic) bond motifs is 1. The minimum Gasteiger partial charge on any atom is -0.328 e. The van der Waals surface area contributed by atoms with Gasteiger partial charge in [0.05, 0.1) is 0 Å². The van der Waals surface area contributed by atoms with Gasteiger partial charge in [0, 0.05) is 43.5 Å². The number of nitrogens with zero attached hydrogens (tertiary/aromatic N) is 3. The first-order valence-electron chi connectivity index (χ1n) is 7.06. The Morgan fingerprint density at radius 1 is 1.47 bits per heavy atom. The minimum atomic E-state index is -0.252. The molecule has 3 nitrogen and oxygen atoms in total. The Labute approximate surface area is 113 Å². The maximum absolute atomic E-state index is 12.4. The molecular formula is C15H20FN3. The highest BCUT2D eigenvalue weighted by atomic mass is 19.1. The number of hydrogen-bond donors (Lipinski definition) is 0. The molecule has 2 aromatic heterocycles. The van der Waals surface area contributed by atoms with Gasteiger partial charge in [-0.2, -0.15) is 0 Å². The van der Waals surface area contributed by atoms with E-state index in [0.717, 1.165) is 31.6 Å². The number of alkyl halides is 1. The summed E-state index contributed by atoms with van der Waals surface area (Å²) in [5.74, 6) is 0. The minimum absolute atomic E-state index is 0.252. The molecule has 0 radical (unpaired) electrons. The average molecular weight is 261 g/mol. The quantitative estimate of drug-likeness (QED) is 0.844. The van der Waals surface area contributed by atoms with Gasteiger partial charge in [0.1, 0.15) is 12.3 Å². The Morgan fingerprint density at radius 3 is 3.16 bits per heavy atom. The van der Waals surface area contributed by atoms with E-state index in [2.05, 4.69) is 33.6 Å². The van der Waals surface area contributed by atoms with E-state index in [-0.39, 0.29) is 6.67 Å². The standard InChI is InChI=1S/C15H20FN3/c1-2-12-10-19(15-14(12)4-3-7-17-15)13-5-8-18(11-13)9-6-16/h3-4,7,10,13H,2,5-6,8-9,11H2,1H3/t13-/m1/s1. The van der Waals surface area contributed by atoms with E-state index >= 15 is 0 Å². The van der Waals surface area contributed by atoms with Gasteiger partial charge < -0.3 is 4.57 Å². The van der Waals surface area contributed by atoms with Crippen molar-refractivity contribution in [2.75, 3.05) is 26.3 Å². The molecule has 0 aliphatic carbocycles. The fourth-order valence-electron chi connectivity index (χ4n) is 3.07. The number of hydrogen-bond acceptors (Lipinski definition) is 2. The van der Waals surface area contributed by atoms with Crippen molar-refractivity contribution in [1.82, 2.24) is 14.5 Å². The maximum Gasteiger partial charge on any atom is 0.140 e. The molecule has 1 aliphatic heterocycles. The van der Waals surface area contributed by atoms with Crippen molar-refractivity contribution in [2.45, 2.75) is 25.8 Å². The van der Waals surface area contributed by atoms with Crippen molar-refractivity contribution in [1.29, 1.82) is 0 Å². The molecule has 0 unspecified atom stereocenters. The van der Waals surface area contributed by atoms with Crippen LogP contribution in [-0.2, 0) is 6.42 Å². The summed E-state index contributed by atoms with van der Waals surface area (Å²) >= 11 is 0. The fraction of sp³-hybridized carbons (Fsp3) is 0.533. The van der Waals surface area contributed by atoms with Gasteiger partial charge in [-0.15, -0.1) is 0 Å². The normalized spacial score (nSPS) is 20.4. The third-order valence-corrected chi connectivity index (χ3v) is 4.09. The molecule has 0 spiro atoms. The van der Waals surface area contributed by atoms with Crippen LogP contribution in [0.15, 0.2) is 24.5 Å². The van der Waals surface area contributed by atoms with Crippen molar-refractivity contribution in [3.05, 3.63) is 30.1 Å². The van der Waals surface area contributed by atoms with E-state index < -0.39 is 0 Å². The van der Waals surface area contributed by atoms with Crippen LogP contribution in [0.3, 0.4) is 0 Å². The van der Waals surface area contributed by atoms with Gasteiger partial charge in [-0.25, -0.2) is 9.37 Å². The van der Waals surface area contributed by atoms with E-state index in [9.17, 15) is 4.39 Å². The molecule has 1 saturated heterocycles. The van der Waals surface area contributed by atoms with E-state index in [0.29, 0.717) is 12.6 Å². The summed E-state index contributed by atoms with van der Waals surface area (Å²) in [6.07, 6.45) is 6.20. The molecule has 0 amide bonds. The average Bonchev–Trinajstić information content (AvgIpc) is 3.03. The second kappa shape index (κ2) is 5.29. The van der Waals surface area contributed by atoms with Crippen LogP contribution in [-0.4, -0.2) is 40.8 Å². The number of likely N-dealkylation sites (tertiary alicyclic amines) is 1. The second-order valence-corrected chi connectivity index (χ2v) is 5.22. The summed E-state index contributed by atoms with van der Waals surface area (Å²) in [5.41, 5.74) is 2.43. The molecule has 2 aromatic rings. The summed E-state index contributed by atoms with van der Waals surface area (Å²) in [5, 5.41) is 1.26. The summed E-state index contributed by atoms with van der Waals surface area (Å²) in [7, 11) is 0. The number of aromatic nitrogens is 2. The first-order chi connectivity index (χ1) is 9.33. The first kappa shape index (κ1) is 12.6. The zero-order valence-electron chi connectivity index (χ0n) is 11.3. The summed E-state index contributed by atoms with van der Waals surface area (Å²) in [4.78, 5) is 6.74. The molecule has 19 heavy (non-hydrogen) atoms. The Balaban J connectivity index is 1.93. The number of pyridine rings is 1. The highest BCUT2D eigenvalue weighted by Crippen LogP contribution is 2.28. The highest BCUT2D eigenvalue weighted by molar-refractivity contribution is 5.80. The third-order valence-electron chi connectivity index (χ3n) is 4.09. The zero-order chi connectivity index (χ0) is 13.2. The van der Waals surface area contributed by atoms with Crippen molar-refractivity contribution in [3.63, 3.8) is 0 Å². The van der Waals surface area contributed by atoms with E-state index in [1.807, 2.05) is 12.3 Å². The summed E-state index contributed by atoms with van der Waals surface area (Å²) < 4.78 is 14.7. The number of halogens is 1. The topological polar surface area (TPSA) is 21.1 Å². The van der Waals surface area contributed by atoms with Crippen LogP contribution in [0.2, 0.25) is 0 Å². The molecule has 0 saturated carbocycles. The maximum atomic E-state index is 12.4. The van der Waals surface area contributed by atoms with Crippen molar-refractivity contribution in [2.24, 2.45) is 0 Å². The van der Waals surface area contributed by atoms with Crippen molar-refractivity contribution in [3.8, 4) is 0 Å². The molecule has 0 bridgehead atoms. The van der Waals surface area contributed by atoms with Crippen LogP contribution in [0, 0.1) is 0 Å². The lowest BCUT2D eigenvalue weighted by atomic mass is 10.2. The molecule has 0 N–H and O–H groups in total. The first-order valence-corrected chi connectivity index (χ1v) is 7.06. The van der Waals surface area contributed by atoms with Gasteiger partial charge in [0.2, 0.25) is 0 Å². The Hall–Kier alpha value is -1.42. The Morgan fingerprint density at radius 2 is 2.37 bits per heavy atom. The van der Waals surface area contributed by atoms with Gasteiger partial charge in [0.25, 0.3) is 0 Å². The van der Waals surface area contributed by atoms with Crippen LogP contribution < -0.4 is 0 Å². The molecule has 102 valence electrons. The lowest BCUT2D eigenvalue weighted by molar-refractivity contribution is 0.288. The van der Waals surface area contributed by atoms with Gasteiger partial charge in [0.15, 0.2) is 0 Å². The molecule has 1 fully saturated rings. The van der Waals surface area contributed by atoms with Gasteiger partial charge in [-0.1, -0.05) is 6.92 Å². The van der Waals surface area contributed by atoms with Gasteiger partial charge in [-0.3, -0.25) is 4.90 Å². The van der Waals surface area contributed by atoms with Crippen molar-refractivity contribution < 1.29 is 4.39 Å².